The number of sulfonamides is 1. The van der Waals surface area contributed by atoms with Gasteiger partial charge >= 0.3 is 0 Å². The zero-order valence-electron chi connectivity index (χ0n) is 19.0. The smallest absolute Gasteiger partial charge is 0.224 e. The molecular formula is C22H31N3O6S2. The first-order valence-electron chi connectivity index (χ1n) is 10.4. The molecule has 0 aliphatic rings. The lowest BCUT2D eigenvalue weighted by Crippen LogP contribution is -2.51. The second kappa shape index (κ2) is 11.7. The van der Waals surface area contributed by atoms with Crippen molar-refractivity contribution in [3.05, 3.63) is 66.0 Å². The average molecular weight is 498 g/mol. The Morgan fingerprint density at radius 1 is 1.03 bits per heavy atom. The Labute approximate surface area is 195 Å². The maximum absolute atomic E-state index is 12.7. The molecule has 0 fully saturated rings. The summed E-state index contributed by atoms with van der Waals surface area (Å²) < 4.78 is 49.1. The molecule has 33 heavy (non-hydrogen) atoms. The van der Waals surface area contributed by atoms with Crippen LogP contribution in [0.3, 0.4) is 0 Å². The zero-order valence-corrected chi connectivity index (χ0v) is 20.6. The highest BCUT2D eigenvalue weighted by Gasteiger charge is 2.29. The number of carbonyl (C=O) groups excluding carboxylic acids is 1. The summed E-state index contributed by atoms with van der Waals surface area (Å²) >= 11 is 0. The number of hydrogen-bond donors (Lipinski definition) is 2. The first kappa shape index (κ1) is 26.9. The Morgan fingerprint density at radius 3 is 2.18 bits per heavy atom. The van der Waals surface area contributed by atoms with Crippen LogP contribution in [0.25, 0.3) is 0 Å². The molecule has 1 aromatic heterocycles. The highest BCUT2D eigenvalue weighted by atomic mass is 32.2. The van der Waals surface area contributed by atoms with E-state index in [-0.39, 0.29) is 25.3 Å². The fourth-order valence-electron chi connectivity index (χ4n) is 3.35. The van der Waals surface area contributed by atoms with Crippen molar-refractivity contribution in [2.75, 3.05) is 24.8 Å². The van der Waals surface area contributed by atoms with Crippen LogP contribution in [0.4, 0.5) is 0 Å². The quantitative estimate of drug-likeness (QED) is 0.439. The minimum Gasteiger partial charge on any atom is -0.390 e. The first-order valence-corrected chi connectivity index (χ1v) is 14.3. The topological polar surface area (TPSA) is 134 Å². The van der Waals surface area contributed by atoms with Gasteiger partial charge in [-0.1, -0.05) is 37.3 Å². The summed E-state index contributed by atoms with van der Waals surface area (Å²) in [6.07, 6.45) is 4.21. The number of aliphatic hydroxyl groups excluding tert-OH is 1. The maximum Gasteiger partial charge on any atom is 0.224 e. The normalized spacial score (nSPS) is 15.1. The van der Waals surface area contributed by atoms with Gasteiger partial charge in [-0.25, -0.2) is 16.8 Å². The van der Waals surface area contributed by atoms with Crippen molar-refractivity contribution in [1.82, 2.24) is 14.6 Å². The minimum absolute atomic E-state index is 0.0366. The number of aromatic nitrogens is 1. The number of sulfone groups is 1. The number of hydrogen-bond acceptors (Lipinski definition) is 7. The van der Waals surface area contributed by atoms with Crippen LogP contribution in [0.2, 0.25) is 0 Å². The molecule has 0 spiro atoms. The standard InChI is InChI=1S/C22H31N3O6S2/c1-17(16-32(2,28)29)22(27)24-20(13-18-7-5-4-6-8-18)21(26)15-25(33(3,30)31)14-19-9-11-23-12-10-19/h4-12,17,20-21,26H,13-16H2,1-3H3,(H,24,27)/t17?,20-,21?/m0/s1. The molecule has 1 heterocycles. The van der Waals surface area contributed by atoms with Crippen molar-refractivity contribution in [2.45, 2.75) is 32.0 Å². The van der Waals surface area contributed by atoms with Crippen LogP contribution >= 0.6 is 0 Å². The minimum atomic E-state index is -3.67. The van der Waals surface area contributed by atoms with Gasteiger partial charge in [0.05, 0.1) is 24.2 Å². The summed E-state index contributed by atoms with van der Waals surface area (Å²) in [7, 11) is -7.04. The van der Waals surface area contributed by atoms with E-state index in [1.54, 1.807) is 24.5 Å². The predicted octanol–water partition coefficient (Wildman–Crippen LogP) is 0.612. The Bertz CT molecular complexity index is 1110. The van der Waals surface area contributed by atoms with E-state index < -0.39 is 43.8 Å². The number of aliphatic hydroxyl groups is 1. The van der Waals surface area contributed by atoms with E-state index in [0.29, 0.717) is 5.56 Å². The van der Waals surface area contributed by atoms with Crippen molar-refractivity contribution in [3.63, 3.8) is 0 Å². The summed E-state index contributed by atoms with van der Waals surface area (Å²) in [5.41, 5.74) is 1.53. The van der Waals surface area contributed by atoms with Gasteiger partial charge in [0.1, 0.15) is 9.84 Å². The fourth-order valence-corrected chi connectivity index (χ4v) is 5.22. The number of rotatable bonds is 12. The van der Waals surface area contributed by atoms with Crippen LogP contribution in [0.1, 0.15) is 18.1 Å². The van der Waals surface area contributed by atoms with Crippen molar-refractivity contribution in [1.29, 1.82) is 0 Å². The molecular weight excluding hydrogens is 466 g/mol. The third-order valence-corrected chi connectivity index (χ3v) is 7.38. The molecule has 11 heteroatoms. The van der Waals surface area contributed by atoms with Gasteiger partial charge in [-0.3, -0.25) is 9.78 Å². The Balaban J connectivity index is 2.23. The van der Waals surface area contributed by atoms with E-state index in [9.17, 15) is 26.7 Å². The first-order chi connectivity index (χ1) is 15.3. The third-order valence-electron chi connectivity index (χ3n) is 5.06. The highest BCUT2D eigenvalue weighted by molar-refractivity contribution is 7.90. The van der Waals surface area contributed by atoms with Gasteiger partial charge in [0.25, 0.3) is 0 Å². The van der Waals surface area contributed by atoms with Gasteiger partial charge in [-0.05, 0) is 29.7 Å². The molecule has 3 atom stereocenters. The highest BCUT2D eigenvalue weighted by Crippen LogP contribution is 2.14. The lowest BCUT2D eigenvalue weighted by molar-refractivity contribution is -0.125. The Kier molecular flexibility index (Phi) is 9.53. The van der Waals surface area contributed by atoms with Gasteiger partial charge in [-0.2, -0.15) is 4.31 Å². The summed E-state index contributed by atoms with van der Waals surface area (Å²) in [5.74, 6) is -1.68. The number of carbonyl (C=O) groups is 1. The van der Waals surface area contributed by atoms with Crippen molar-refractivity contribution in [2.24, 2.45) is 5.92 Å². The van der Waals surface area contributed by atoms with E-state index in [1.165, 1.54) is 6.92 Å². The molecule has 0 radical (unpaired) electrons. The molecule has 0 aliphatic carbocycles. The van der Waals surface area contributed by atoms with Crippen LogP contribution < -0.4 is 5.32 Å². The molecule has 0 saturated heterocycles. The third kappa shape index (κ3) is 9.58. The van der Waals surface area contributed by atoms with Crippen molar-refractivity contribution >= 4 is 25.8 Å². The molecule has 2 aromatic rings. The van der Waals surface area contributed by atoms with Gasteiger partial charge in [-0.15, -0.1) is 0 Å². The molecule has 0 saturated carbocycles. The predicted molar refractivity (Wildman–Crippen MR) is 126 cm³/mol. The number of amides is 1. The van der Waals surface area contributed by atoms with Gasteiger partial charge in [0.15, 0.2) is 0 Å². The fraction of sp³-hybridized carbons (Fsp3) is 0.455. The molecule has 9 nitrogen and oxygen atoms in total. The Morgan fingerprint density at radius 2 is 1.64 bits per heavy atom. The molecule has 2 rings (SSSR count). The molecule has 0 bridgehead atoms. The second-order valence-electron chi connectivity index (χ2n) is 8.28. The van der Waals surface area contributed by atoms with E-state index in [4.69, 9.17) is 0 Å². The number of pyridine rings is 1. The van der Waals surface area contributed by atoms with E-state index in [1.807, 2.05) is 30.3 Å². The largest absolute Gasteiger partial charge is 0.390 e. The molecule has 1 amide bonds. The van der Waals surface area contributed by atoms with E-state index in [2.05, 4.69) is 10.3 Å². The number of nitrogens with one attached hydrogen (secondary N) is 1. The lowest BCUT2D eigenvalue weighted by Gasteiger charge is -2.30. The number of benzene rings is 1. The zero-order chi connectivity index (χ0) is 24.6. The van der Waals surface area contributed by atoms with Crippen LogP contribution in [0.15, 0.2) is 54.9 Å². The number of nitrogens with zero attached hydrogens (tertiary/aromatic N) is 2. The van der Waals surface area contributed by atoms with Gasteiger partial charge in [0, 0.05) is 37.7 Å². The van der Waals surface area contributed by atoms with Crippen LogP contribution in [-0.2, 0) is 37.6 Å². The van der Waals surface area contributed by atoms with Crippen LogP contribution in [0.5, 0.6) is 0 Å². The van der Waals surface area contributed by atoms with Crippen LogP contribution in [0, 0.1) is 5.92 Å². The van der Waals surface area contributed by atoms with Gasteiger partial charge in [0.2, 0.25) is 15.9 Å². The molecule has 0 aliphatic heterocycles. The molecule has 182 valence electrons. The SMILES string of the molecule is CC(CS(C)(=O)=O)C(=O)N[C@@H](Cc1ccccc1)C(O)CN(Cc1ccncc1)S(C)(=O)=O. The average Bonchev–Trinajstić information content (AvgIpc) is 2.72. The second-order valence-corrected chi connectivity index (χ2v) is 12.4. The Hall–Kier alpha value is -2.34. The van der Waals surface area contributed by atoms with Gasteiger partial charge < -0.3 is 10.4 Å². The lowest BCUT2D eigenvalue weighted by atomic mass is 10.00. The maximum atomic E-state index is 12.7. The molecule has 2 unspecified atom stereocenters. The van der Waals surface area contributed by atoms with E-state index in [0.717, 1.165) is 22.4 Å². The summed E-state index contributed by atoms with van der Waals surface area (Å²) in [6.45, 7) is 1.28. The van der Waals surface area contributed by atoms with E-state index >= 15 is 0 Å². The summed E-state index contributed by atoms with van der Waals surface area (Å²) in [4.78, 5) is 16.6. The monoisotopic (exact) mass is 497 g/mol. The summed E-state index contributed by atoms with van der Waals surface area (Å²) in [6, 6.07) is 11.7. The summed E-state index contributed by atoms with van der Waals surface area (Å²) in [5, 5.41) is 13.7. The van der Waals surface area contributed by atoms with Crippen molar-refractivity contribution < 1.29 is 26.7 Å². The van der Waals surface area contributed by atoms with Crippen LogP contribution in [-0.4, -0.2) is 74.1 Å². The van der Waals surface area contributed by atoms with Crippen molar-refractivity contribution in [3.8, 4) is 0 Å². The molecule has 2 N–H and O–H groups in total. The molecule has 1 aromatic carbocycles.